The zero-order valence-electron chi connectivity index (χ0n) is 9.55. The monoisotopic (exact) mass is 247 g/mol. The molecule has 0 atom stereocenters. The van der Waals surface area contributed by atoms with Crippen molar-refractivity contribution in [2.45, 2.75) is 12.8 Å². The molecule has 1 aromatic heterocycles. The van der Waals surface area contributed by atoms with Gasteiger partial charge in [0.1, 0.15) is 11.5 Å². The number of benzene rings is 1. The van der Waals surface area contributed by atoms with Gasteiger partial charge in [0, 0.05) is 23.6 Å². The number of nitrogens with zero attached hydrogens (tertiary/aromatic N) is 1. The maximum atomic E-state index is 11.9. The van der Waals surface area contributed by atoms with Crippen LogP contribution in [-0.4, -0.2) is 17.9 Å². The minimum Gasteiger partial charge on any atom is -0.496 e. The van der Waals surface area contributed by atoms with Crippen LogP contribution in [0.5, 0.6) is 5.75 Å². The van der Waals surface area contributed by atoms with Gasteiger partial charge in [-0.3, -0.25) is 4.79 Å². The number of para-hydroxylation sites is 1. The molecule has 0 bridgehead atoms. The Morgan fingerprint density at radius 2 is 2.18 bits per heavy atom. The first-order valence-electron chi connectivity index (χ1n) is 5.31. The highest BCUT2D eigenvalue weighted by atomic mass is 32.1. The third-order valence-electron chi connectivity index (χ3n) is 2.41. The number of carbonyl (C=O) groups is 1. The lowest BCUT2D eigenvalue weighted by atomic mass is 10.1. The van der Waals surface area contributed by atoms with Crippen LogP contribution in [0.2, 0.25) is 0 Å². The summed E-state index contributed by atoms with van der Waals surface area (Å²) in [4.78, 5) is 16.0. The fourth-order valence-electron chi connectivity index (χ4n) is 1.63. The molecule has 0 aliphatic rings. The maximum absolute atomic E-state index is 11.9. The van der Waals surface area contributed by atoms with E-state index in [2.05, 4.69) is 4.98 Å². The molecule has 0 fully saturated rings. The van der Waals surface area contributed by atoms with Gasteiger partial charge in [0.05, 0.1) is 18.5 Å². The van der Waals surface area contributed by atoms with Crippen molar-refractivity contribution >= 4 is 17.1 Å². The van der Waals surface area contributed by atoms with Crippen LogP contribution in [0.3, 0.4) is 0 Å². The molecule has 0 amide bonds. The third kappa shape index (κ3) is 3.14. The number of methoxy groups -OCH3 is 1. The Morgan fingerprint density at radius 3 is 2.88 bits per heavy atom. The van der Waals surface area contributed by atoms with Gasteiger partial charge in [0.15, 0.2) is 0 Å². The molecule has 2 rings (SSSR count). The summed E-state index contributed by atoms with van der Waals surface area (Å²) in [6.45, 7) is 0. The van der Waals surface area contributed by atoms with Crippen molar-refractivity contribution in [3.8, 4) is 5.75 Å². The van der Waals surface area contributed by atoms with Crippen LogP contribution in [-0.2, 0) is 17.6 Å². The van der Waals surface area contributed by atoms with Crippen LogP contribution < -0.4 is 4.74 Å². The van der Waals surface area contributed by atoms with Crippen LogP contribution in [0.15, 0.2) is 35.8 Å². The fraction of sp³-hybridized carbons (Fsp3) is 0.231. The molecule has 0 saturated carbocycles. The van der Waals surface area contributed by atoms with Gasteiger partial charge in [-0.15, -0.1) is 11.3 Å². The number of ketones is 1. The number of aromatic nitrogens is 1. The topological polar surface area (TPSA) is 39.2 Å². The first-order valence-corrected chi connectivity index (χ1v) is 6.19. The molecule has 88 valence electrons. The molecule has 3 nitrogen and oxygen atoms in total. The van der Waals surface area contributed by atoms with Gasteiger partial charge in [-0.1, -0.05) is 18.2 Å². The number of Topliss-reactive ketones (excluding diaryl/α,β-unsaturated/α-hetero) is 1. The summed E-state index contributed by atoms with van der Waals surface area (Å²) in [5.41, 5.74) is 0.927. The summed E-state index contributed by atoms with van der Waals surface area (Å²) in [5, 5.41) is 2.75. The Hall–Kier alpha value is -1.68. The highest BCUT2D eigenvalue weighted by molar-refractivity contribution is 7.09. The van der Waals surface area contributed by atoms with E-state index in [1.807, 2.05) is 29.6 Å². The normalized spacial score (nSPS) is 10.2. The quantitative estimate of drug-likeness (QED) is 0.815. The third-order valence-corrected chi connectivity index (χ3v) is 3.19. The molecule has 0 radical (unpaired) electrons. The first kappa shape index (κ1) is 11.8. The van der Waals surface area contributed by atoms with Gasteiger partial charge >= 0.3 is 0 Å². The largest absolute Gasteiger partial charge is 0.496 e. The molecule has 1 aromatic carbocycles. The van der Waals surface area contributed by atoms with Crippen molar-refractivity contribution in [3.05, 3.63) is 46.4 Å². The van der Waals surface area contributed by atoms with Crippen LogP contribution >= 0.6 is 11.3 Å². The molecule has 17 heavy (non-hydrogen) atoms. The van der Waals surface area contributed by atoms with E-state index in [0.717, 1.165) is 16.3 Å². The van der Waals surface area contributed by atoms with Gasteiger partial charge in [-0.2, -0.15) is 0 Å². The molecule has 0 unspecified atom stereocenters. The smallest absolute Gasteiger partial charge is 0.144 e. The van der Waals surface area contributed by atoms with E-state index in [9.17, 15) is 4.79 Å². The number of thiazole rings is 1. The molecular weight excluding hydrogens is 234 g/mol. The summed E-state index contributed by atoms with van der Waals surface area (Å²) in [7, 11) is 1.62. The average molecular weight is 247 g/mol. The molecule has 0 aliphatic carbocycles. The molecule has 0 aliphatic heterocycles. The number of rotatable bonds is 5. The second-order valence-corrected chi connectivity index (χ2v) is 4.61. The first-order chi connectivity index (χ1) is 8.29. The Morgan fingerprint density at radius 1 is 1.35 bits per heavy atom. The molecule has 0 spiro atoms. The Kier molecular flexibility index (Phi) is 3.88. The molecule has 2 aromatic rings. The van der Waals surface area contributed by atoms with Crippen LogP contribution in [0, 0.1) is 0 Å². The lowest BCUT2D eigenvalue weighted by molar-refractivity contribution is -0.117. The van der Waals surface area contributed by atoms with E-state index >= 15 is 0 Å². The van der Waals surface area contributed by atoms with Gasteiger partial charge in [0.2, 0.25) is 0 Å². The zero-order valence-corrected chi connectivity index (χ0v) is 10.4. The summed E-state index contributed by atoms with van der Waals surface area (Å²) >= 11 is 1.51. The summed E-state index contributed by atoms with van der Waals surface area (Å²) < 4.78 is 5.22. The lowest BCUT2D eigenvalue weighted by Gasteiger charge is -2.06. The number of hydrogen-bond acceptors (Lipinski definition) is 4. The van der Waals surface area contributed by atoms with Crippen molar-refractivity contribution in [2.24, 2.45) is 0 Å². The van der Waals surface area contributed by atoms with E-state index in [4.69, 9.17) is 4.74 Å². The van der Waals surface area contributed by atoms with E-state index in [-0.39, 0.29) is 5.78 Å². The molecular formula is C13H13NO2S. The standard InChI is InChI=1S/C13H13NO2S/c1-16-12-5-3-2-4-10(12)8-11(15)9-13-14-6-7-17-13/h2-7H,8-9H2,1H3. The molecule has 4 heteroatoms. The zero-order chi connectivity index (χ0) is 12.1. The average Bonchev–Trinajstić information content (AvgIpc) is 2.82. The molecule has 1 heterocycles. The number of ether oxygens (including phenoxy) is 1. The van der Waals surface area contributed by atoms with E-state index in [0.29, 0.717) is 12.8 Å². The summed E-state index contributed by atoms with van der Waals surface area (Å²) in [6.07, 6.45) is 2.51. The molecule has 0 N–H and O–H groups in total. The Balaban J connectivity index is 2.03. The van der Waals surface area contributed by atoms with Crippen LogP contribution in [0.1, 0.15) is 10.6 Å². The van der Waals surface area contributed by atoms with Gasteiger partial charge in [-0.25, -0.2) is 4.98 Å². The number of carbonyl (C=O) groups excluding carboxylic acids is 1. The van der Waals surface area contributed by atoms with Crippen molar-refractivity contribution in [1.82, 2.24) is 4.98 Å². The van der Waals surface area contributed by atoms with Crippen LogP contribution in [0.4, 0.5) is 0 Å². The highest BCUT2D eigenvalue weighted by Crippen LogP contribution is 2.18. The second kappa shape index (κ2) is 5.59. The van der Waals surface area contributed by atoms with Crippen molar-refractivity contribution in [2.75, 3.05) is 7.11 Å². The van der Waals surface area contributed by atoms with Crippen molar-refractivity contribution in [1.29, 1.82) is 0 Å². The minimum absolute atomic E-state index is 0.157. The predicted octanol–water partition coefficient (Wildman–Crippen LogP) is 2.51. The predicted molar refractivity (Wildman–Crippen MR) is 67.5 cm³/mol. The Labute approximate surface area is 104 Å². The molecule has 0 saturated heterocycles. The summed E-state index contributed by atoms with van der Waals surface area (Å²) in [5.74, 6) is 0.921. The van der Waals surface area contributed by atoms with E-state index in [1.165, 1.54) is 11.3 Å². The van der Waals surface area contributed by atoms with Gasteiger partial charge in [-0.05, 0) is 6.07 Å². The second-order valence-electron chi connectivity index (χ2n) is 3.63. The maximum Gasteiger partial charge on any atom is 0.144 e. The Bertz CT molecular complexity index is 494. The minimum atomic E-state index is 0.157. The fourth-order valence-corrected chi connectivity index (χ4v) is 2.28. The van der Waals surface area contributed by atoms with Gasteiger partial charge < -0.3 is 4.74 Å². The SMILES string of the molecule is COc1ccccc1CC(=O)Cc1nccs1. The highest BCUT2D eigenvalue weighted by Gasteiger charge is 2.10. The van der Waals surface area contributed by atoms with Crippen molar-refractivity contribution in [3.63, 3.8) is 0 Å². The summed E-state index contributed by atoms with van der Waals surface area (Å²) in [6, 6.07) is 7.59. The number of hydrogen-bond donors (Lipinski definition) is 0. The van der Waals surface area contributed by atoms with Crippen LogP contribution in [0.25, 0.3) is 0 Å². The van der Waals surface area contributed by atoms with E-state index in [1.54, 1.807) is 13.3 Å². The van der Waals surface area contributed by atoms with Crippen molar-refractivity contribution < 1.29 is 9.53 Å². The lowest BCUT2D eigenvalue weighted by Crippen LogP contribution is -2.07. The van der Waals surface area contributed by atoms with Gasteiger partial charge in [0.25, 0.3) is 0 Å². The van der Waals surface area contributed by atoms with E-state index < -0.39 is 0 Å².